The van der Waals surface area contributed by atoms with E-state index in [0.29, 0.717) is 23.1 Å². The molecule has 0 amide bonds. The number of benzene rings is 2. The number of sulfone groups is 1. The lowest BCUT2D eigenvalue weighted by Crippen LogP contribution is -2.32. The van der Waals surface area contributed by atoms with Gasteiger partial charge in [0.2, 0.25) is 19.9 Å². The highest BCUT2D eigenvalue weighted by atomic mass is 32.2. The number of fused-ring (bicyclic) bond motifs is 2. The van der Waals surface area contributed by atoms with Crippen LogP contribution in [-0.4, -0.2) is 28.4 Å². The molecule has 1 aromatic heterocycles. The number of halogens is 1. The summed E-state index contributed by atoms with van der Waals surface area (Å²) in [6, 6.07) is 10.3. The topological polar surface area (TPSA) is 93.2 Å². The number of rotatable bonds is 6. The van der Waals surface area contributed by atoms with Crippen LogP contribution in [0.1, 0.15) is 55.9 Å². The summed E-state index contributed by atoms with van der Waals surface area (Å²) in [5.74, 6) is -0.837. The number of aromatic nitrogens is 1. The lowest BCUT2D eigenvalue weighted by molar-refractivity contribution is 0.544. The molecule has 0 saturated carbocycles. The van der Waals surface area contributed by atoms with Gasteiger partial charge in [-0.2, -0.15) is 0 Å². The van der Waals surface area contributed by atoms with Gasteiger partial charge in [-0.1, -0.05) is 39.8 Å². The lowest BCUT2D eigenvalue weighted by atomic mass is 9.76. The summed E-state index contributed by atoms with van der Waals surface area (Å²) in [5.41, 5.74) is 1.69. The summed E-state index contributed by atoms with van der Waals surface area (Å²) in [6.07, 6.45) is 3.73. The van der Waals surface area contributed by atoms with Gasteiger partial charge in [0, 0.05) is 24.4 Å². The average Bonchev–Trinajstić information content (AvgIpc) is 2.77. The number of pyridine rings is 1. The van der Waals surface area contributed by atoms with Crippen LogP contribution >= 0.6 is 0 Å². The van der Waals surface area contributed by atoms with Crippen molar-refractivity contribution in [3.05, 3.63) is 82.9 Å². The lowest BCUT2D eigenvalue weighted by Gasteiger charge is -2.35. The maximum atomic E-state index is 14.0. The van der Waals surface area contributed by atoms with Crippen molar-refractivity contribution < 1.29 is 21.2 Å². The zero-order valence-corrected chi connectivity index (χ0v) is 21.1. The first-order valence-corrected chi connectivity index (χ1v) is 13.9. The minimum Gasteiger partial charge on any atom is -0.265 e. The van der Waals surface area contributed by atoms with Crippen LogP contribution in [0, 0.1) is 5.82 Å². The Morgan fingerprint density at radius 1 is 1.00 bits per heavy atom. The van der Waals surface area contributed by atoms with E-state index in [2.05, 4.69) is 9.71 Å². The summed E-state index contributed by atoms with van der Waals surface area (Å²) in [7, 11) is -8.14. The molecular formula is C25H27FN2O4S2. The fraction of sp³-hybridized carbons (Fsp3) is 0.320. The minimum absolute atomic E-state index is 0.0739. The molecule has 9 heteroatoms. The van der Waals surface area contributed by atoms with Gasteiger partial charge in [-0.25, -0.2) is 25.9 Å². The van der Waals surface area contributed by atoms with E-state index in [9.17, 15) is 21.2 Å². The largest absolute Gasteiger partial charge is 0.265 e. The van der Waals surface area contributed by atoms with E-state index in [1.165, 1.54) is 18.2 Å². The summed E-state index contributed by atoms with van der Waals surface area (Å²) in [4.78, 5) is 3.64. The van der Waals surface area contributed by atoms with Gasteiger partial charge < -0.3 is 0 Å². The van der Waals surface area contributed by atoms with Crippen molar-refractivity contribution in [3.63, 3.8) is 0 Å². The summed E-state index contributed by atoms with van der Waals surface area (Å²) in [5, 5.41) is 0. The maximum Gasteiger partial charge on any atom is 0.240 e. The third-order valence-corrected chi connectivity index (χ3v) is 9.70. The number of hydrogen-bond acceptors (Lipinski definition) is 5. The molecule has 0 radical (unpaired) electrons. The molecule has 1 N–H and O–H groups in total. The zero-order valence-electron chi connectivity index (χ0n) is 19.5. The molecule has 0 atom stereocenters. The molecule has 0 aliphatic carbocycles. The number of sulfonamides is 1. The van der Waals surface area contributed by atoms with Crippen molar-refractivity contribution in [1.82, 2.24) is 9.71 Å². The Balaban J connectivity index is 1.83. The quantitative estimate of drug-likeness (QED) is 0.541. The second-order valence-corrected chi connectivity index (χ2v) is 12.9. The van der Waals surface area contributed by atoms with Crippen molar-refractivity contribution in [2.75, 3.05) is 6.54 Å². The summed E-state index contributed by atoms with van der Waals surface area (Å²) >= 11 is 0. The Kier molecular flexibility index (Phi) is 6.16. The van der Waals surface area contributed by atoms with Crippen molar-refractivity contribution >= 4 is 19.9 Å². The molecule has 1 aliphatic rings. The highest BCUT2D eigenvalue weighted by molar-refractivity contribution is 7.92. The summed E-state index contributed by atoms with van der Waals surface area (Å²) in [6.45, 7) is 7.61. The third kappa shape index (κ3) is 4.16. The van der Waals surface area contributed by atoms with Gasteiger partial charge in [-0.15, -0.1) is 0 Å². The third-order valence-electron chi connectivity index (χ3n) is 6.35. The van der Waals surface area contributed by atoms with E-state index < -0.39 is 31.1 Å². The smallest absolute Gasteiger partial charge is 0.240 e. The molecule has 1 aliphatic heterocycles. The van der Waals surface area contributed by atoms with E-state index >= 15 is 0 Å². The van der Waals surface area contributed by atoms with E-state index in [1.807, 2.05) is 27.7 Å². The van der Waals surface area contributed by atoms with Crippen molar-refractivity contribution in [1.29, 1.82) is 0 Å². The number of hydrogen-bond donors (Lipinski definition) is 1. The molecule has 0 unspecified atom stereocenters. The van der Waals surface area contributed by atoms with Gasteiger partial charge in [-0.3, -0.25) is 4.98 Å². The van der Waals surface area contributed by atoms with Gasteiger partial charge in [-0.05, 0) is 64.9 Å². The highest BCUT2D eigenvalue weighted by Crippen LogP contribution is 2.47. The maximum absolute atomic E-state index is 14.0. The first-order valence-electron chi connectivity index (χ1n) is 11.0. The van der Waals surface area contributed by atoms with Gasteiger partial charge in [0.15, 0.2) is 0 Å². The molecule has 180 valence electrons. The predicted molar refractivity (Wildman–Crippen MR) is 128 cm³/mol. The molecule has 0 fully saturated rings. The number of nitrogens with zero attached hydrogens (tertiary/aromatic N) is 1. The Morgan fingerprint density at radius 2 is 1.65 bits per heavy atom. The molecule has 0 saturated heterocycles. The van der Waals surface area contributed by atoms with E-state index in [-0.39, 0.29) is 27.1 Å². The van der Waals surface area contributed by atoms with E-state index in [4.69, 9.17) is 0 Å². The molecular weight excluding hydrogens is 475 g/mol. The van der Waals surface area contributed by atoms with Crippen LogP contribution in [0.4, 0.5) is 4.39 Å². The van der Waals surface area contributed by atoms with Crippen LogP contribution in [0.15, 0.2) is 69.5 Å². The first-order chi connectivity index (χ1) is 15.9. The second kappa shape index (κ2) is 8.55. The van der Waals surface area contributed by atoms with Crippen LogP contribution in [0.5, 0.6) is 0 Å². The molecule has 34 heavy (non-hydrogen) atoms. The normalized spacial score (nSPS) is 16.2. The SMILES string of the molecule is CC(C)c1cc2c(cc1S(=O)(=O)NCCc1ccncc1)S(=O)(=O)c1cc(F)ccc1C2(C)C. The fourth-order valence-electron chi connectivity index (χ4n) is 4.43. The molecule has 2 aromatic carbocycles. The molecule has 6 nitrogen and oxygen atoms in total. The minimum atomic E-state index is -4.12. The van der Waals surface area contributed by atoms with Crippen LogP contribution in [0.25, 0.3) is 0 Å². The Labute approximate surface area is 200 Å². The van der Waals surface area contributed by atoms with Crippen molar-refractivity contribution in [2.45, 2.75) is 60.1 Å². The molecule has 0 spiro atoms. The average molecular weight is 503 g/mol. The standard InChI is InChI=1S/C25H27FN2O4S2/c1-16(2)19-14-21-24(33(29,30)23-13-18(26)5-6-20(23)25(21,3)4)15-22(19)34(31,32)28-12-9-17-7-10-27-11-8-17/h5-8,10-11,13-16,28H,9,12H2,1-4H3. The number of nitrogens with one attached hydrogen (secondary N) is 1. The summed E-state index contributed by atoms with van der Waals surface area (Å²) < 4.78 is 70.3. The second-order valence-electron chi connectivity index (χ2n) is 9.31. The van der Waals surface area contributed by atoms with E-state index in [0.717, 1.165) is 11.6 Å². The predicted octanol–water partition coefficient (Wildman–Crippen LogP) is 4.34. The van der Waals surface area contributed by atoms with Crippen LogP contribution < -0.4 is 4.72 Å². The van der Waals surface area contributed by atoms with Crippen molar-refractivity contribution in [2.24, 2.45) is 0 Å². The fourth-order valence-corrected chi connectivity index (χ4v) is 7.90. The monoisotopic (exact) mass is 502 g/mol. The molecule has 2 heterocycles. The van der Waals surface area contributed by atoms with Crippen LogP contribution in [-0.2, 0) is 31.7 Å². The van der Waals surface area contributed by atoms with E-state index in [1.54, 1.807) is 30.6 Å². The van der Waals surface area contributed by atoms with Gasteiger partial charge in [0.25, 0.3) is 0 Å². The Morgan fingerprint density at radius 3 is 2.29 bits per heavy atom. The van der Waals surface area contributed by atoms with Gasteiger partial charge in [0.1, 0.15) is 5.82 Å². The Bertz CT molecular complexity index is 1470. The Hall–Kier alpha value is -2.62. The molecule has 0 bridgehead atoms. The first kappa shape index (κ1) is 24.5. The van der Waals surface area contributed by atoms with Crippen molar-refractivity contribution in [3.8, 4) is 0 Å². The van der Waals surface area contributed by atoms with Crippen LogP contribution in [0.2, 0.25) is 0 Å². The zero-order chi connectivity index (χ0) is 24.9. The van der Waals surface area contributed by atoms with Gasteiger partial charge >= 0.3 is 0 Å². The van der Waals surface area contributed by atoms with Gasteiger partial charge in [0.05, 0.1) is 14.7 Å². The molecule has 3 aromatic rings. The molecule has 4 rings (SSSR count). The highest BCUT2D eigenvalue weighted by Gasteiger charge is 2.42. The van der Waals surface area contributed by atoms with Crippen LogP contribution in [0.3, 0.4) is 0 Å².